The lowest BCUT2D eigenvalue weighted by Gasteiger charge is -2.22. The topological polar surface area (TPSA) is 84.2 Å². The second kappa shape index (κ2) is 8.65. The Hall–Kier alpha value is -3.58. The van der Waals surface area contributed by atoms with E-state index >= 15 is 0 Å². The zero-order chi connectivity index (χ0) is 21.0. The number of nitrogens with one attached hydrogen (secondary N) is 2. The maximum atomic E-state index is 12.4. The predicted molar refractivity (Wildman–Crippen MR) is 120 cm³/mol. The summed E-state index contributed by atoms with van der Waals surface area (Å²) in [6.45, 7) is 2.05. The van der Waals surface area contributed by atoms with Crippen molar-refractivity contribution in [2.24, 2.45) is 0 Å². The summed E-state index contributed by atoms with van der Waals surface area (Å²) in [7, 11) is 0. The van der Waals surface area contributed by atoms with Crippen LogP contribution < -0.4 is 10.6 Å². The first-order chi connectivity index (χ1) is 15.3. The molecule has 1 unspecified atom stereocenters. The Morgan fingerprint density at radius 3 is 3.00 bits per heavy atom. The molecule has 156 valence electrons. The lowest BCUT2D eigenvalue weighted by atomic mass is 9.95. The second-order valence-electron chi connectivity index (χ2n) is 7.84. The Morgan fingerprint density at radius 1 is 1.19 bits per heavy atom. The van der Waals surface area contributed by atoms with Crippen molar-refractivity contribution >= 4 is 17.1 Å². The number of hydrogen-bond donors (Lipinski definition) is 2. The summed E-state index contributed by atoms with van der Waals surface area (Å²) in [5.74, 6) is 0.339. The lowest BCUT2D eigenvalue weighted by Crippen LogP contribution is -2.28. The third-order valence-electron chi connectivity index (χ3n) is 5.63. The first kappa shape index (κ1) is 19.4. The van der Waals surface area contributed by atoms with E-state index in [9.17, 15) is 4.79 Å². The van der Waals surface area contributed by atoms with Crippen molar-refractivity contribution in [1.29, 1.82) is 0 Å². The summed E-state index contributed by atoms with van der Waals surface area (Å²) >= 11 is 0. The highest BCUT2D eigenvalue weighted by Gasteiger charge is 2.18. The maximum absolute atomic E-state index is 12.4. The first-order valence-electron chi connectivity index (χ1n) is 10.6. The summed E-state index contributed by atoms with van der Waals surface area (Å²) in [6.07, 6.45) is 7.94. The van der Waals surface area contributed by atoms with E-state index in [1.807, 2.05) is 48.8 Å². The summed E-state index contributed by atoms with van der Waals surface area (Å²) in [4.78, 5) is 21.6. The van der Waals surface area contributed by atoms with Gasteiger partial charge in [0.05, 0.1) is 23.8 Å². The van der Waals surface area contributed by atoms with Gasteiger partial charge in [0.2, 0.25) is 5.91 Å². The van der Waals surface area contributed by atoms with Crippen molar-refractivity contribution in [2.45, 2.75) is 25.2 Å². The minimum atomic E-state index is -0.103. The van der Waals surface area contributed by atoms with E-state index in [-0.39, 0.29) is 12.3 Å². The normalized spacial score (nSPS) is 16.3. The van der Waals surface area contributed by atoms with Crippen molar-refractivity contribution < 1.29 is 4.79 Å². The van der Waals surface area contributed by atoms with Gasteiger partial charge in [-0.05, 0) is 55.8 Å². The number of pyridine rings is 3. The smallest absolute Gasteiger partial charge is 0.230 e. The number of anilines is 1. The number of hydrogen-bond acceptors (Lipinski definition) is 5. The van der Waals surface area contributed by atoms with Gasteiger partial charge in [0.15, 0.2) is 0 Å². The van der Waals surface area contributed by atoms with Gasteiger partial charge in [0, 0.05) is 47.5 Å². The molecule has 0 aliphatic carbocycles. The van der Waals surface area contributed by atoms with Gasteiger partial charge >= 0.3 is 0 Å². The molecule has 0 spiro atoms. The Labute approximate surface area is 180 Å². The van der Waals surface area contributed by atoms with Crippen molar-refractivity contribution in [3.8, 4) is 11.3 Å². The van der Waals surface area contributed by atoms with E-state index in [2.05, 4.69) is 32.8 Å². The SMILES string of the molecule is O=C(Cc1ccccn1)Nc1ccn2ncc(-c3cccc(C4CCCNC4)n3)c2c1. The van der Waals surface area contributed by atoms with Crippen LogP contribution in [0.1, 0.15) is 30.1 Å². The number of piperidine rings is 1. The monoisotopic (exact) mass is 412 g/mol. The minimum absolute atomic E-state index is 0.103. The van der Waals surface area contributed by atoms with Crippen LogP contribution in [0.3, 0.4) is 0 Å². The number of rotatable bonds is 5. The van der Waals surface area contributed by atoms with Crippen LogP contribution >= 0.6 is 0 Å². The highest BCUT2D eigenvalue weighted by Crippen LogP contribution is 2.28. The molecule has 1 amide bonds. The minimum Gasteiger partial charge on any atom is -0.326 e. The molecular weight excluding hydrogens is 388 g/mol. The van der Waals surface area contributed by atoms with E-state index < -0.39 is 0 Å². The predicted octanol–water partition coefficient (Wildman–Crippen LogP) is 3.44. The molecule has 4 aromatic heterocycles. The highest BCUT2D eigenvalue weighted by molar-refractivity contribution is 5.93. The molecule has 5 rings (SSSR count). The third-order valence-corrected chi connectivity index (χ3v) is 5.63. The Morgan fingerprint density at radius 2 is 2.16 bits per heavy atom. The fourth-order valence-corrected chi connectivity index (χ4v) is 4.06. The van der Waals surface area contributed by atoms with Gasteiger partial charge in [-0.25, -0.2) is 4.52 Å². The molecule has 7 nitrogen and oxygen atoms in total. The number of amides is 1. The molecule has 7 heteroatoms. The van der Waals surface area contributed by atoms with E-state index in [1.54, 1.807) is 10.7 Å². The molecule has 1 fully saturated rings. The van der Waals surface area contributed by atoms with Crippen molar-refractivity contribution in [2.75, 3.05) is 18.4 Å². The van der Waals surface area contributed by atoms with Gasteiger partial charge in [-0.15, -0.1) is 0 Å². The fourth-order valence-electron chi connectivity index (χ4n) is 4.06. The molecule has 1 atom stereocenters. The summed E-state index contributed by atoms with van der Waals surface area (Å²) in [6, 6.07) is 15.5. The number of fused-ring (bicyclic) bond motifs is 1. The molecule has 0 saturated carbocycles. The van der Waals surface area contributed by atoms with Crippen molar-refractivity contribution in [1.82, 2.24) is 24.9 Å². The molecule has 0 radical (unpaired) electrons. The summed E-state index contributed by atoms with van der Waals surface area (Å²) < 4.78 is 1.81. The van der Waals surface area contributed by atoms with Crippen LogP contribution in [0.2, 0.25) is 0 Å². The quantitative estimate of drug-likeness (QED) is 0.525. The molecule has 1 aliphatic rings. The second-order valence-corrected chi connectivity index (χ2v) is 7.84. The van der Waals surface area contributed by atoms with Gasteiger partial charge in [-0.3, -0.25) is 14.8 Å². The van der Waals surface area contributed by atoms with Gasteiger partial charge in [0.25, 0.3) is 0 Å². The van der Waals surface area contributed by atoms with Gasteiger partial charge in [-0.1, -0.05) is 12.1 Å². The van der Waals surface area contributed by atoms with E-state index in [1.165, 1.54) is 6.42 Å². The fraction of sp³-hybridized carbons (Fsp3) is 0.250. The zero-order valence-corrected chi connectivity index (χ0v) is 17.2. The Kier molecular flexibility index (Phi) is 5.41. The summed E-state index contributed by atoms with van der Waals surface area (Å²) in [5.41, 5.74) is 5.33. The van der Waals surface area contributed by atoms with Crippen LogP contribution in [-0.2, 0) is 11.2 Å². The van der Waals surface area contributed by atoms with E-state index in [4.69, 9.17) is 4.98 Å². The zero-order valence-electron chi connectivity index (χ0n) is 17.2. The molecule has 0 bridgehead atoms. The maximum Gasteiger partial charge on any atom is 0.230 e. The Balaban J connectivity index is 1.40. The van der Waals surface area contributed by atoms with Crippen LogP contribution in [0.25, 0.3) is 16.8 Å². The van der Waals surface area contributed by atoms with Crippen LogP contribution in [-0.4, -0.2) is 38.6 Å². The standard InChI is InChI=1S/C24H24N6O/c31-24(14-18-6-1-2-11-26-18)28-19-9-12-30-23(13-19)20(16-27-30)22-8-3-7-21(29-22)17-5-4-10-25-15-17/h1-3,6-9,11-13,16-17,25H,4-5,10,14-15H2,(H,28,31). The number of carbonyl (C=O) groups excluding carboxylic acids is 1. The molecular formula is C24H24N6O. The van der Waals surface area contributed by atoms with Crippen molar-refractivity contribution in [3.05, 3.63) is 78.5 Å². The van der Waals surface area contributed by atoms with Crippen LogP contribution in [0, 0.1) is 0 Å². The first-order valence-corrected chi connectivity index (χ1v) is 10.6. The lowest BCUT2D eigenvalue weighted by molar-refractivity contribution is -0.115. The number of carbonyl (C=O) groups is 1. The number of aromatic nitrogens is 4. The third kappa shape index (κ3) is 4.32. The average molecular weight is 412 g/mol. The highest BCUT2D eigenvalue weighted by atomic mass is 16.1. The average Bonchev–Trinajstić information content (AvgIpc) is 3.24. The molecule has 2 N–H and O–H groups in total. The molecule has 31 heavy (non-hydrogen) atoms. The van der Waals surface area contributed by atoms with Gasteiger partial charge < -0.3 is 10.6 Å². The van der Waals surface area contributed by atoms with Gasteiger partial charge in [-0.2, -0.15) is 5.10 Å². The number of nitrogens with zero attached hydrogens (tertiary/aromatic N) is 4. The Bertz CT molecular complexity index is 1200. The van der Waals surface area contributed by atoms with Crippen LogP contribution in [0.4, 0.5) is 5.69 Å². The summed E-state index contributed by atoms with van der Waals surface area (Å²) in [5, 5.41) is 10.9. The van der Waals surface area contributed by atoms with Crippen LogP contribution in [0.15, 0.2) is 67.1 Å². The largest absolute Gasteiger partial charge is 0.326 e. The molecule has 1 aliphatic heterocycles. The molecule has 5 heterocycles. The van der Waals surface area contributed by atoms with E-state index in [0.29, 0.717) is 5.92 Å². The van der Waals surface area contributed by atoms with Crippen molar-refractivity contribution in [3.63, 3.8) is 0 Å². The molecule has 4 aromatic rings. The molecule has 1 saturated heterocycles. The molecule has 0 aromatic carbocycles. The van der Waals surface area contributed by atoms with E-state index in [0.717, 1.165) is 53.4 Å². The van der Waals surface area contributed by atoms with Crippen LogP contribution in [0.5, 0.6) is 0 Å². The van der Waals surface area contributed by atoms with Gasteiger partial charge in [0.1, 0.15) is 0 Å².